The molecule has 6 heteroatoms. The number of rotatable bonds is 1. The van der Waals surface area contributed by atoms with E-state index in [0.717, 1.165) is 0 Å². The van der Waals surface area contributed by atoms with E-state index in [1.54, 1.807) is 0 Å². The molecular formula is C5H7NO5. The van der Waals surface area contributed by atoms with Gasteiger partial charge in [0.2, 0.25) is 0 Å². The van der Waals surface area contributed by atoms with Crippen LogP contribution in [0.2, 0.25) is 0 Å². The number of carbonyl (C=O) groups excluding carboxylic acids is 2. The Morgan fingerprint density at radius 3 is 3.00 bits per heavy atom. The molecule has 0 aliphatic carbocycles. The molecular weight excluding hydrogens is 154 g/mol. The molecule has 1 fully saturated rings. The van der Waals surface area contributed by atoms with Crippen molar-refractivity contribution in [2.75, 3.05) is 13.7 Å². The second-order valence-corrected chi connectivity index (χ2v) is 1.74. The predicted octanol–water partition coefficient (Wildman–Crippen LogP) is -0.801. The molecule has 0 aromatic rings. The van der Waals surface area contributed by atoms with Crippen LogP contribution in [0.15, 0.2) is 0 Å². The Bertz CT molecular complexity index is 180. The van der Waals surface area contributed by atoms with Crippen LogP contribution in [0.25, 0.3) is 0 Å². The van der Waals surface area contributed by atoms with Crippen molar-refractivity contribution < 1.29 is 23.8 Å². The zero-order valence-corrected chi connectivity index (χ0v) is 5.83. The van der Waals surface area contributed by atoms with E-state index < -0.39 is 18.5 Å². The fourth-order valence-corrected chi connectivity index (χ4v) is 0.516. The van der Waals surface area contributed by atoms with E-state index in [0.29, 0.717) is 0 Å². The maximum atomic E-state index is 10.5. The van der Waals surface area contributed by atoms with Gasteiger partial charge < -0.3 is 14.8 Å². The predicted molar refractivity (Wildman–Crippen MR) is 31.4 cm³/mol. The zero-order chi connectivity index (χ0) is 8.27. The minimum Gasteiger partial charge on any atom is -0.398 e. The molecule has 62 valence electrons. The lowest BCUT2D eigenvalue weighted by atomic mass is 10.8. The summed E-state index contributed by atoms with van der Waals surface area (Å²) in [5, 5.41) is 2.17. The Hall–Kier alpha value is -1.30. The van der Waals surface area contributed by atoms with E-state index in [2.05, 4.69) is 19.5 Å². The molecule has 1 saturated heterocycles. The van der Waals surface area contributed by atoms with Gasteiger partial charge in [-0.3, -0.25) is 4.74 Å². The van der Waals surface area contributed by atoms with E-state index in [4.69, 9.17) is 0 Å². The molecule has 1 heterocycles. The van der Waals surface area contributed by atoms with Crippen molar-refractivity contribution in [3.8, 4) is 0 Å². The second kappa shape index (κ2) is 3.20. The Labute approximate surface area is 62.4 Å². The number of hydrogen-bond acceptors (Lipinski definition) is 5. The normalized spacial score (nSPS) is 22.6. The van der Waals surface area contributed by atoms with Crippen LogP contribution in [0.3, 0.4) is 0 Å². The number of esters is 1. The zero-order valence-electron chi connectivity index (χ0n) is 5.83. The Kier molecular flexibility index (Phi) is 2.27. The van der Waals surface area contributed by atoms with Gasteiger partial charge in [-0.2, -0.15) is 0 Å². The van der Waals surface area contributed by atoms with Crippen LogP contribution >= 0.6 is 0 Å². The SMILES string of the molecule is CNC(=O)OC1OCC(=O)O1. The third kappa shape index (κ3) is 2.08. The van der Waals surface area contributed by atoms with Crippen LogP contribution in [-0.4, -0.2) is 32.2 Å². The van der Waals surface area contributed by atoms with Gasteiger partial charge in [-0.05, 0) is 0 Å². The standard InChI is InChI=1S/C5H7NO5/c1-6-4(8)11-5-9-2-3(7)10-5/h5H,2H2,1H3,(H,6,8). The van der Waals surface area contributed by atoms with Gasteiger partial charge in [0.25, 0.3) is 0 Å². The maximum Gasteiger partial charge on any atom is 0.411 e. The first-order valence-corrected chi connectivity index (χ1v) is 2.92. The van der Waals surface area contributed by atoms with E-state index in [1.807, 2.05) is 0 Å². The highest BCUT2D eigenvalue weighted by Gasteiger charge is 2.26. The molecule has 1 amide bonds. The van der Waals surface area contributed by atoms with Crippen molar-refractivity contribution in [3.63, 3.8) is 0 Å². The molecule has 0 radical (unpaired) electrons. The first-order chi connectivity index (χ1) is 5.22. The maximum absolute atomic E-state index is 10.5. The van der Waals surface area contributed by atoms with Gasteiger partial charge in [0.05, 0.1) is 0 Å². The van der Waals surface area contributed by atoms with Crippen molar-refractivity contribution in [2.24, 2.45) is 0 Å². The summed E-state index contributed by atoms with van der Waals surface area (Å²) in [6, 6.07) is 0. The monoisotopic (exact) mass is 161 g/mol. The van der Waals surface area contributed by atoms with E-state index >= 15 is 0 Å². The van der Waals surface area contributed by atoms with Crippen molar-refractivity contribution in [2.45, 2.75) is 6.48 Å². The van der Waals surface area contributed by atoms with Crippen LogP contribution in [-0.2, 0) is 19.0 Å². The number of cyclic esters (lactones) is 1. The molecule has 11 heavy (non-hydrogen) atoms. The minimum absolute atomic E-state index is 0.179. The average molecular weight is 161 g/mol. The van der Waals surface area contributed by atoms with Crippen molar-refractivity contribution in [3.05, 3.63) is 0 Å². The Balaban J connectivity index is 2.28. The van der Waals surface area contributed by atoms with Crippen LogP contribution in [0.5, 0.6) is 0 Å². The number of alkyl carbamates (subject to hydrolysis) is 1. The Morgan fingerprint density at radius 1 is 1.82 bits per heavy atom. The number of nitrogens with one attached hydrogen (secondary N) is 1. The van der Waals surface area contributed by atoms with Gasteiger partial charge in [0.1, 0.15) is 0 Å². The highest BCUT2D eigenvalue weighted by molar-refractivity contribution is 5.72. The molecule has 1 N–H and O–H groups in total. The van der Waals surface area contributed by atoms with E-state index in [1.165, 1.54) is 7.05 Å². The molecule has 0 aromatic carbocycles. The van der Waals surface area contributed by atoms with E-state index in [9.17, 15) is 9.59 Å². The molecule has 1 atom stereocenters. The third-order valence-electron chi connectivity index (χ3n) is 0.972. The lowest BCUT2D eigenvalue weighted by Gasteiger charge is -2.07. The van der Waals surface area contributed by atoms with Crippen LogP contribution in [0.4, 0.5) is 4.79 Å². The van der Waals surface area contributed by atoms with Crippen LogP contribution in [0.1, 0.15) is 0 Å². The summed E-state index contributed by atoms with van der Waals surface area (Å²) in [6.45, 7) is -1.37. The highest BCUT2D eigenvalue weighted by atomic mass is 16.9. The van der Waals surface area contributed by atoms with Crippen molar-refractivity contribution in [1.82, 2.24) is 5.32 Å². The number of hydrogen-bond donors (Lipinski definition) is 1. The summed E-state index contributed by atoms with van der Waals surface area (Å²) < 4.78 is 13.4. The number of ether oxygens (including phenoxy) is 3. The first kappa shape index (κ1) is 7.80. The van der Waals surface area contributed by atoms with Crippen LogP contribution in [0, 0.1) is 0 Å². The summed E-state index contributed by atoms with van der Waals surface area (Å²) in [4.78, 5) is 20.8. The van der Waals surface area contributed by atoms with Gasteiger partial charge >= 0.3 is 18.5 Å². The second-order valence-electron chi connectivity index (χ2n) is 1.74. The molecule has 0 spiro atoms. The molecule has 1 aliphatic rings. The Morgan fingerprint density at radius 2 is 2.55 bits per heavy atom. The largest absolute Gasteiger partial charge is 0.411 e. The molecule has 1 unspecified atom stereocenters. The molecule has 0 saturated carbocycles. The fraction of sp³-hybridized carbons (Fsp3) is 0.600. The quantitative estimate of drug-likeness (QED) is 0.509. The summed E-state index contributed by atoms with van der Waals surface area (Å²) in [6.07, 6.45) is -0.704. The van der Waals surface area contributed by atoms with Crippen molar-refractivity contribution in [1.29, 1.82) is 0 Å². The summed E-state index contributed by atoms with van der Waals surface area (Å²) in [5.74, 6) is -0.543. The number of carbonyl (C=O) groups is 2. The van der Waals surface area contributed by atoms with Crippen LogP contribution < -0.4 is 5.32 Å². The van der Waals surface area contributed by atoms with Gasteiger partial charge in [-0.15, -0.1) is 0 Å². The molecule has 0 aromatic heterocycles. The van der Waals surface area contributed by atoms with Gasteiger partial charge in [0, 0.05) is 7.05 Å². The van der Waals surface area contributed by atoms with Gasteiger partial charge in [0.15, 0.2) is 6.61 Å². The topological polar surface area (TPSA) is 73.9 Å². The molecule has 1 rings (SSSR count). The summed E-state index contributed by atoms with van der Waals surface area (Å²) >= 11 is 0. The average Bonchev–Trinajstić information content (AvgIpc) is 2.35. The number of amides is 1. The smallest absolute Gasteiger partial charge is 0.398 e. The summed E-state index contributed by atoms with van der Waals surface area (Å²) in [5.41, 5.74) is 0. The molecule has 1 aliphatic heterocycles. The lowest BCUT2D eigenvalue weighted by Crippen LogP contribution is -2.26. The van der Waals surface area contributed by atoms with E-state index in [-0.39, 0.29) is 6.61 Å². The first-order valence-electron chi connectivity index (χ1n) is 2.92. The van der Waals surface area contributed by atoms with Crippen molar-refractivity contribution >= 4 is 12.1 Å². The highest BCUT2D eigenvalue weighted by Crippen LogP contribution is 2.05. The van der Waals surface area contributed by atoms with Gasteiger partial charge in [-0.1, -0.05) is 0 Å². The molecule has 0 bridgehead atoms. The third-order valence-corrected chi connectivity index (χ3v) is 0.972. The lowest BCUT2D eigenvalue weighted by molar-refractivity contribution is -0.198. The van der Waals surface area contributed by atoms with Gasteiger partial charge in [-0.25, -0.2) is 9.59 Å². The minimum atomic E-state index is -1.19. The summed E-state index contributed by atoms with van der Waals surface area (Å²) in [7, 11) is 1.39. The fourth-order valence-electron chi connectivity index (χ4n) is 0.516. The molecule has 6 nitrogen and oxygen atoms in total.